The van der Waals surface area contributed by atoms with Crippen LogP contribution in [0.1, 0.15) is 25.7 Å². The van der Waals surface area contributed by atoms with Crippen LogP contribution >= 0.6 is 0 Å². The van der Waals surface area contributed by atoms with E-state index in [-0.39, 0.29) is 47.9 Å². The Balaban J connectivity index is 2.32. The summed E-state index contributed by atoms with van der Waals surface area (Å²) in [5.74, 6) is 0.298. The van der Waals surface area contributed by atoms with Crippen LogP contribution in [0.3, 0.4) is 0 Å². The molecule has 1 aromatic rings. The summed E-state index contributed by atoms with van der Waals surface area (Å²) in [7, 11) is -0.999. The number of ether oxygens (including phenoxy) is 2. The molecule has 26 heavy (non-hydrogen) atoms. The van der Waals surface area contributed by atoms with Crippen LogP contribution in [0.15, 0.2) is 23.1 Å². The van der Waals surface area contributed by atoms with Gasteiger partial charge in [-0.15, -0.1) is 0 Å². The minimum Gasteiger partial charge on any atom is -0.495 e. The molecule has 0 spiro atoms. The van der Waals surface area contributed by atoms with E-state index in [1.807, 2.05) is 0 Å². The molecule has 1 aromatic carbocycles. The number of nitrogens with zero attached hydrogens (tertiary/aromatic N) is 1. The second-order valence-corrected chi connectivity index (χ2v) is 7.93. The molecule has 3 N–H and O–H groups in total. The van der Waals surface area contributed by atoms with Crippen LogP contribution in [-0.4, -0.2) is 58.5 Å². The Labute approximate surface area is 154 Å². The van der Waals surface area contributed by atoms with Crippen LogP contribution in [-0.2, 0) is 14.8 Å². The van der Waals surface area contributed by atoms with Crippen LogP contribution < -0.4 is 20.5 Å². The lowest BCUT2D eigenvalue weighted by Gasteiger charge is -2.35. The van der Waals surface area contributed by atoms with Gasteiger partial charge in [0, 0.05) is 32.1 Å². The van der Waals surface area contributed by atoms with Crippen LogP contribution in [0.25, 0.3) is 0 Å². The second-order valence-electron chi connectivity index (χ2n) is 6.10. The van der Waals surface area contributed by atoms with Crippen molar-refractivity contribution >= 4 is 15.9 Å². The van der Waals surface area contributed by atoms with Crippen LogP contribution in [0.2, 0.25) is 0 Å². The van der Waals surface area contributed by atoms with Gasteiger partial charge in [0.1, 0.15) is 11.5 Å². The highest BCUT2D eigenvalue weighted by Gasteiger charge is 2.37. The lowest BCUT2D eigenvalue weighted by atomic mass is 10.1. The Morgan fingerprint density at radius 1 is 1.27 bits per heavy atom. The lowest BCUT2D eigenvalue weighted by molar-refractivity contribution is -0.121. The van der Waals surface area contributed by atoms with Gasteiger partial charge in [-0.25, -0.2) is 8.42 Å². The van der Waals surface area contributed by atoms with E-state index in [0.29, 0.717) is 13.0 Å². The molecule has 1 heterocycles. The maximum Gasteiger partial charge on any atom is 0.250 e. The van der Waals surface area contributed by atoms with Gasteiger partial charge in [0.15, 0.2) is 4.90 Å². The van der Waals surface area contributed by atoms with Crippen molar-refractivity contribution in [1.82, 2.24) is 9.62 Å². The van der Waals surface area contributed by atoms with Gasteiger partial charge in [0.25, 0.3) is 10.0 Å². The largest absolute Gasteiger partial charge is 0.495 e. The van der Waals surface area contributed by atoms with Crippen molar-refractivity contribution in [2.24, 2.45) is 5.73 Å². The van der Waals surface area contributed by atoms with Crippen molar-refractivity contribution in [3.8, 4) is 11.5 Å². The Morgan fingerprint density at radius 2 is 1.92 bits per heavy atom. The van der Waals surface area contributed by atoms with Gasteiger partial charge in [0.2, 0.25) is 5.91 Å². The first kappa shape index (κ1) is 20.5. The summed E-state index contributed by atoms with van der Waals surface area (Å²) in [5.41, 5.74) is 5.38. The van der Waals surface area contributed by atoms with Crippen molar-refractivity contribution in [2.75, 3.05) is 33.9 Å². The maximum absolute atomic E-state index is 13.4. The number of piperidine rings is 1. The van der Waals surface area contributed by atoms with Crippen molar-refractivity contribution < 1.29 is 22.7 Å². The Bertz CT molecular complexity index is 701. The molecule has 1 atom stereocenters. The fraction of sp³-hybridized carbons (Fsp3) is 0.588. The quantitative estimate of drug-likeness (QED) is 0.682. The Morgan fingerprint density at radius 3 is 2.50 bits per heavy atom. The van der Waals surface area contributed by atoms with E-state index in [1.54, 1.807) is 18.2 Å². The molecule has 0 radical (unpaired) electrons. The molecular weight excluding hydrogens is 358 g/mol. The third kappa shape index (κ3) is 4.46. The minimum atomic E-state index is -3.85. The fourth-order valence-corrected chi connectivity index (χ4v) is 5.12. The zero-order valence-corrected chi connectivity index (χ0v) is 16.0. The lowest BCUT2D eigenvalue weighted by Crippen LogP contribution is -2.49. The summed E-state index contributed by atoms with van der Waals surface area (Å²) >= 11 is 0. The van der Waals surface area contributed by atoms with Crippen LogP contribution in [0.5, 0.6) is 11.5 Å². The summed E-state index contributed by atoms with van der Waals surface area (Å²) in [6.07, 6.45) is 2.58. The van der Waals surface area contributed by atoms with Crippen LogP contribution in [0, 0.1) is 0 Å². The standard InChI is InChI=1S/C17H27N3O5S/c1-24-14-7-5-8-15(25-2)17(14)26(22,23)20-11-4-3-6-13(20)12-19-16(21)9-10-18/h5,7-8,13H,3-4,6,9-12,18H2,1-2H3,(H,19,21). The zero-order valence-electron chi connectivity index (χ0n) is 15.2. The summed E-state index contributed by atoms with van der Waals surface area (Å²) in [5, 5.41) is 2.78. The second kappa shape index (κ2) is 9.20. The topological polar surface area (TPSA) is 111 Å². The molecule has 1 aliphatic rings. The number of hydrogen-bond acceptors (Lipinski definition) is 6. The van der Waals surface area contributed by atoms with E-state index >= 15 is 0 Å². The van der Waals surface area contributed by atoms with Crippen molar-refractivity contribution in [1.29, 1.82) is 0 Å². The van der Waals surface area contributed by atoms with Crippen molar-refractivity contribution in [2.45, 2.75) is 36.6 Å². The molecule has 146 valence electrons. The highest BCUT2D eigenvalue weighted by atomic mass is 32.2. The van der Waals surface area contributed by atoms with Gasteiger partial charge in [-0.05, 0) is 25.0 Å². The van der Waals surface area contributed by atoms with E-state index in [2.05, 4.69) is 5.32 Å². The molecule has 0 bridgehead atoms. The molecular formula is C17H27N3O5S. The van der Waals surface area contributed by atoms with Gasteiger partial charge in [-0.3, -0.25) is 4.79 Å². The minimum absolute atomic E-state index is 0.0187. The normalized spacial score (nSPS) is 18.3. The molecule has 1 aliphatic heterocycles. The first-order chi connectivity index (χ1) is 12.5. The third-order valence-corrected chi connectivity index (χ3v) is 6.45. The number of amides is 1. The zero-order chi connectivity index (χ0) is 19.2. The highest BCUT2D eigenvalue weighted by Crippen LogP contribution is 2.37. The van der Waals surface area contributed by atoms with E-state index in [4.69, 9.17) is 15.2 Å². The summed E-state index contributed by atoms with van der Waals surface area (Å²) < 4.78 is 38.7. The summed E-state index contributed by atoms with van der Waals surface area (Å²) in [6, 6.07) is 4.55. The van der Waals surface area contributed by atoms with E-state index in [0.717, 1.165) is 12.8 Å². The number of carbonyl (C=O) groups is 1. The van der Waals surface area contributed by atoms with Gasteiger partial charge in [-0.1, -0.05) is 12.5 Å². The summed E-state index contributed by atoms with van der Waals surface area (Å²) in [6.45, 7) is 0.910. The first-order valence-electron chi connectivity index (χ1n) is 8.65. The van der Waals surface area contributed by atoms with E-state index < -0.39 is 10.0 Å². The smallest absolute Gasteiger partial charge is 0.250 e. The van der Waals surface area contributed by atoms with Crippen molar-refractivity contribution in [3.63, 3.8) is 0 Å². The average molecular weight is 385 g/mol. The Hall–Kier alpha value is -1.84. The molecule has 1 unspecified atom stereocenters. The number of carbonyl (C=O) groups excluding carboxylic acids is 1. The Kier molecular flexibility index (Phi) is 7.24. The molecule has 1 saturated heterocycles. The molecule has 0 aliphatic carbocycles. The molecule has 0 aromatic heterocycles. The molecule has 1 amide bonds. The predicted molar refractivity (Wildman–Crippen MR) is 97.8 cm³/mol. The number of hydrogen-bond donors (Lipinski definition) is 2. The molecule has 0 saturated carbocycles. The molecule has 2 rings (SSSR count). The first-order valence-corrected chi connectivity index (χ1v) is 10.1. The maximum atomic E-state index is 13.4. The number of nitrogens with one attached hydrogen (secondary N) is 1. The van der Waals surface area contributed by atoms with Gasteiger partial charge in [-0.2, -0.15) is 4.31 Å². The molecule has 9 heteroatoms. The van der Waals surface area contributed by atoms with Crippen LogP contribution in [0.4, 0.5) is 0 Å². The molecule has 1 fully saturated rings. The van der Waals surface area contributed by atoms with E-state index in [1.165, 1.54) is 18.5 Å². The highest BCUT2D eigenvalue weighted by molar-refractivity contribution is 7.89. The number of sulfonamides is 1. The predicted octanol–water partition coefficient (Wildman–Crippen LogP) is 0.712. The number of methoxy groups -OCH3 is 2. The number of nitrogens with two attached hydrogens (primary N) is 1. The van der Waals surface area contributed by atoms with Gasteiger partial charge in [0.05, 0.1) is 14.2 Å². The summed E-state index contributed by atoms with van der Waals surface area (Å²) in [4.78, 5) is 11.7. The van der Waals surface area contributed by atoms with E-state index in [9.17, 15) is 13.2 Å². The van der Waals surface area contributed by atoms with Gasteiger partial charge >= 0.3 is 0 Å². The average Bonchev–Trinajstić information content (AvgIpc) is 2.66. The fourth-order valence-electron chi connectivity index (χ4n) is 3.13. The number of benzene rings is 1. The SMILES string of the molecule is COc1cccc(OC)c1S(=O)(=O)N1CCCCC1CNC(=O)CCN. The monoisotopic (exact) mass is 385 g/mol. The van der Waals surface area contributed by atoms with Gasteiger partial charge < -0.3 is 20.5 Å². The third-order valence-electron chi connectivity index (χ3n) is 4.43. The molecule has 8 nitrogen and oxygen atoms in total. The van der Waals surface area contributed by atoms with Crippen molar-refractivity contribution in [3.05, 3.63) is 18.2 Å². The number of rotatable bonds is 8.